The Bertz CT molecular complexity index is 1180. The van der Waals surface area contributed by atoms with Gasteiger partial charge in [0.1, 0.15) is 17.3 Å². The minimum Gasteiger partial charge on any atom is -0.494 e. The summed E-state index contributed by atoms with van der Waals surface area (Å²) in [6.45, 7) is 4.03. The number of rotatable bonds is 6. The van der Waals surface area contributed by atoms with Gasteiger partial charge in [-0.25, -0.2) is 0 Å². The Morgan fingerprint density at radius 3 is 2.45 bits per heavy atom. The number of hydrogen-bond donors (Lipinski definition) is 0. The summed E-state index contributed by atoms with van der Waals surface area (Å²) in [4.78, 5) is 26.4. The molecular formula is C24H19NO4S2. The van der Waals surface area contributed by atoms with Gasteiger partial charge < -0.3 is 9.15 Å². The van der Waals surface area contributed by atoms with Gasteiger partial charge >= 0.3 is 0 Å². The minimum absolute atomic E-state index is 0.0150. The Morgan fingerprint density at radius 2 is 1.81 bits per heavy atom. The highest BCUT2D eigenvalue weighted by Crippen LogP contribution is 2.37. The average molecular weight is 450 g/mol. The second-order valence-electron chi connectivity index (χ2n) is 6.78. The molecule has 0 bridgehead atoms. The number of Topliss-reactive ketones (excluding diaryl/α,β-unsaturated/α-hetero) is 1. The number of amides is 1. The molecule has 1 saturated heterocycles. The van der Waals surface area contributed by atoms with E-state index in [2.05, 4.69) is 0 Å². The molecule has 156 valence electrons. The van der Waals surface area contributed by atoms with E-state index in [1.807, 2.05) is 49.4 Å². The van der Waals surface area contributed by atoms with Crippen LogP contribution in [0.4, 0.5) is 5.69 Å². The number of anilines is 1. The maximum absolute atomic E-state index is 13.0. The fourth-order valence-electron chi connectivity index (χ4n) is 3.13. The van der Waals surface area contributed by atoms with Gasteiger partial charge in [-0.2, -0.15) is 0 Å². The van der Waals surface area contributed by atoms with E-state index in [0.29, 0.717) is 38.6 Å². The second kappa shape index (κ2) is 8.91. The molecule has 0 radical (unpaired) electrons. The fraction of sp³-hybridized carbons (Fsp3) is 0.125. The fourth-order valence-corrected chi connectivity index (χ4v) is 4.41. The molecule has 3 aromatic rings. The molecule has 0 saturated carbocycles. The Balaban J connectivity index is 1.54. The first-order valence-corrected chi connectivity index (χ1v) is 10.9. The molecule has 1 aliphatic heterocycles. The summed E-state index contributed by atoms with van der Waals surface area (Å²) in [5, 5.41) is 0. The summed E-state index contributed by atoms with van der Waals surface area (Å²) in [7, 11) is 0. The largest absolute Gasteiger partial charge is 0.494 e. The SMILES string of the molecule is CCOc1ccc(N2C(=O)/C(=C\c3ccc(-c4ccc(C(C)=O)cc4)o3)SC2=S)cc1. The van der Waals surface area contributed by atoms with Crippen molar-refractivity contribution in [2.75, 3.05) is 11.5 Å². The summed E-state index contributed by atoms with van der Waals surface area (Å²) in [5.41, 5.74) is 2.19. The maximum atomic E-state index is 13.0. The van der Waals surface area contributed by atoms with Gasteiger partial charge in [0.25, 0.3) is 5.91 Å². The highest BCUT2D eigenvalue weighted by atomic mass is 32.2. The summed E-state index contributed by atoms with van der Waals surface area (Å²) in [6, 6.07) is 18.1. The van der Waals surface area contributed by atoms with Crippen molar-refractivity contribution >= 4 is 51.8 Å². The Labute approximate surface area is 189 Å². The molecule has 1 aliphatic rings. The van der Waals surface area contributed by atoms with Crippen LogP contribution in [0.5, 0.6) is 5.75 Å². The summed E-state index contributed by atoms with van der Waals surface area (Å²) in [5.74, 6) is 1.78. The van der Waals surface area contributed by atoms with Crippen LogP contribution in [-0.4, -0.2) is 22.6 Å². The number of benzene rings is 2. The zero-order valence-electron chi connectivity index (χ0n) is 17.0. The number of thiocarbonyl (C=S) groups is 1. The molecule has 5 nitrogen and oxygen atoms in total. The van der Waals surface area contributed by atoms with E-state index >= 15 is 0 Å². The van der Waals surface area contributed by atoms with Gasteiger partial charge in [-0.15, -0.1) is 0 Å². The monoisotopic (exact) mass is 449 g/mol. The maximum Gasteiger partial charge on any atom is 0.270 e. The Hall–Kier alpha value is -3.16. The molecule has 7 heteroatoms. The molecule has 0 aliphatic carbocycles. The van der Waals surface area contributed by atoms with Crippen molar-refractivity contribution in [1.82, 2.24) is 0 Å². The topological polar surface area (TPSA) is 59.8 Å². The van der Waals surface area contributed by atoms with Gasteiger partial charge in [0, 0.05) is 17.2 Å². The van der Waals surface area contributed by atoms with E-state index in [1.54, 1.807) is 24.3 Å². The van der Waals surface area contributed by atoms with E-state index in [1.165, 1.54) is 23.6 Å². The third-order valence-corrected chi connectivity index (χ3v) is 5.98. The van der Waals surface area contributed by atoms with Crippen molar-refractivity contribution in [3.63, 3.8) is 0 Å². The lowest BCUT2D eigenvalue weighted by atomic mass is 10.1. The summed E-state index contributed by atoms with van der Waals surface area (Å²) >= 11 is 6.67. The van der Waals surface area contributed by atoms with Gasteiger partial charge in [0.2, 0.25) is 0 Å². The quantitative estimate of drug-likeness (QED) is 0.263. The van der Waals surface area contributed by atoms with E-state index in [4.69, 9.17) is 21.4 Å². The van der Waals surface area contributed by atoms with Crippen molar-refractivity contribution in [2.45, 2.75) is 13.8 Å². The van der Waals surface area contributed by atoms with Crippen LogP contribution in [0.15, 0.2) is 70.0 Å². The number of ether oxygens (including phenoxy) is 1. The summed E-state index contributed by atoms with van der Waals surface area (Å²) in [6.07, 6.45) is 1.70. The Morgan fingerprint density at radius 1 is 1.10 bits per heavy atom. The van der Waals surface area contributed by atoms with Crippen LogP contribution in [0.1, 0.15) is 30.0 Å². The van der Waals surface area contributed by atoms with Crippen LogP contribution in [0, 0.1) is 0 Å². The van der Waals surface area contributed by atoms with Crippen LogP contribution >= 0.6 is 24.0 Å². The van der Waals surface area contributed by atoms with Crippen LogP contribution in [0.25, 0.3) is 17.4 Å². The zero-order valence-corrected chi connectivity index (χ0v) is 18.6. The van der Waals surface area contributed by atoms with E-state index in [-0.39, 0.29) is 11.7 Å². The highest BCUT2D eigenvalue weighted by molar-refractivity contribution is 8.27. The van der Waals surface area contributed by atoms with E-state index < -0.39 is 0 Å². The van der Waals surface area contributed by atoms with Gasteiger partial charge in [0.15, 0.2) is 10.1 Å². The van der Waals surface area contributed by atoms with E-state index in [9.17, 15) is 9.59 Å². The number of thioether (sulfide) groups is 1. The van der Waals surface area contributed by atoms with Gasteiger partial charge in [-0.05, 0) is 50.2 Å². The molecule has 0 spiro atoms. The number of nitrogens with zero attached hydrogens (tertiary/aromatic N) is 1. The standard InChI is InChI=1S/C24H19NO4S2/c1-3-28-19-10-8-18(9-11-19)25-23(27)22(31-24(25)30)14-20-12-13-21(29-20)17-6-4-16(5-7-17)15(2)26/h4-14H,3H2,1-2H3/b22-14+. The molecule has 1 aromatic heterocycles. The Kier molecular flexibility index (Phi) is 6.06. The molecule has 2 heterocycles. The molecule has 0 N–H and O–H groups in total. The molecule has 1 amide bonds. The van der Waals surface area contributed by atoms with Crippen molar-refractivity contribution in [1.29, 1.82) is 0 Å². The summed E-state index contributed by atoms with van der Waals surface area (Å²) < 4.78 is 11.8. The molecule has 1 fully saturated rings. The highest BCUT2D eigenvalue weighted by Gasteiger charge is 2.33. The zero-order chi connectivity index (χ0) is 22.0. The number of furan rings is 1. The van der Waals surface area contributed by atoms with E-state index in [0.717, 1.165) is 11.3 Å². The first-order chi connectivity index (χ1) is 15.0. The normalized spacial score (nSPS) is 15.0. The predicted octanol–water partition coefficient (Wildman–Crippen LogP) is 5.95. The lowest BCUT2D eigenvalue weighted by molar-refractivity contribution is -0.113. The molecule has 31 heavy (non-hydrogen) atoms. The van der Waals surface area contributed by atoms with Crippen LogP contribution < -0.4 is 9.64 Å². The minimum atomic E-state index is -0.192. The number of carbonyl (C=O) groups excluding carboxylic acids is 2. The smallest absolute Gasteiger partial charge is 0.270 e. The number of ketones is 1. The first-order valence-electron chi connectivity index (χ1n) is 9.68. The lowest BCUT2D eigenvalue weighted by Crippen LogP contribution is -2.27. The molecule has 0 atom stereocenters. The third kappa shape index (κ3) is 4.47. The van der Waals surface area contributed by atoms with Crippen LogP contribution in [0.3, 0.4) is 0 Å². The molecule has 2 aromatic carbocycles. The third-order valence-electron chi connectivity index (χ3n) is 4.68. The van der Waals surface area contributed by atoms with Crippen LogP contribution in [0.2, 0.25) is 0 Å². The first kappa shape index (κ1) is 21.1. The van der Waals surface area contributed by atoms with Gasteiger partial charge in [0.05, 0.1) is 17.2 Å². The lowest BCUT2D eigenvalue weighted by Gasteiger charge is -2.15. The van der Waals surface area contributed by atoms with Crippen molar-refractivity contribution in [3.8, 4) is 17.1 Å². The average Bonchev–Trinajstić information content (AvgIpc) is 3.34. The molecular weight excluding hydrogens is 430 g/mol. The van der Waals surface area contributed by atoms with Crippen molar-refractivity contribution < 1.29 is 18.7 Å². The molecule has 4 rings (SSSR count). The van der Waals surface area contributed by atoms with Crippen molar-refractivity contribution in [3.05, 3.63) is 76.9 Å². The predicted molar refractivity (Wildman–Crippen MR) is 127 cm³/mol. The van der Waals surface area contributed by atoms with Crippen molar-refractivity contribution in [2.24, 2.45) is 0 Å². The molecule has 0 unspecified atom stereocenters. The van der Waals surface area contributed by atoms with Gasteiger partial charge in [-0.3, -0.25) is 14.5 Å². The number of hydrogen-bond acceptors (Lipinski definition) is 6. The second-order valence-corrected chi connectivity index (χ2v) is 8.46. The van der Waals surface area contributed by atoms with Crippen LogP contribution in [-0.2, 0) is 4.79 Å². The van der Waals surface area contributed by atoms with Gasteiger partial charge in [-0.1, -0.05) is 48.2 Å². The number of carbonyl (C=O) groups is 2.